The third-order valence-corrected chi connectivity index (χ3v) is 3.28. The van der Waals surface area contributed by atoms with E-state index >= 15 is 0 Å². The van der Waals surface area contributed by atoms with E-state index in [2.05, 4.69) is 5.32 Å². The lowest BCUT2D eigenvalue weighted by Crippen LogP contribution is -2.31. The van der Waals surface area contributed by atoms with E-state index in [4.69, 9.17) is 4.74 Å². The monoisotopic (exact) mass is 304 g/mol. The summed E-state index contributed by atoms with van der Waals surface area (Å²) < 4.78 is 4.74. The summed E-state index contributed by atoms with van der Waals surface area (Å²) in [5.41, 5.74) is 0.768. The van der Waals surface area contributed by atoms with E-state index in [1.165, 1.54) is 7.05 Å². The summed E-state index contributed by atoms with van der Waals surface area (Å²) in [6.07, 6.45) is 0.322. The van der Waals surface area contributed by atoms with E-state index in [0.29, 0.717) is 11.1 Å². The van der Waals surface area contributed by atoms with Crippen LogP contribution in [0.25, 0.3) is 0 Å². The van der Waals surface area contributed by atoms with E-state index in [1.54, 1.807) is 24.3 Å². The third kappa shape index (κ3) is 3.30. The fraction of sp³-hybridized carbons (Fsp3) is 0.333. The molecule has 0 fully saturated rings. The fourth-order valence-corrected chi connectivity index (χ4v) is 2.11. The molecule has 22 heavy (non-hydrogen) atoms. The van der Waals surface area contributed by atoms with Gasteiger partial charge in [-0.05, 0) is 18.6 Å². The van der Waals surface area contributed by atoms with Gasteiger partial charge >= 0.3 is 5.97 Å². The number of ether oxygens (including phenoxy) is 1. The molecule has 0 spiro atoms. The Bertz CT molecular complexity index is 591. The molecule has 1 N–H and O–H groups in total. The highest BCUT2D eigenvalue weighted by Crippen LogP contribution is 2.22. The number of nitrogens with zero attached hydrogens (tertiary/aromatic N) is 1. The Labute approximate surface area is 127 Å². The predicted molar refractivity (Wildman–Crippen MR) is 76.1 cm³/mol. The number of hydrogen-bond donors (Lipinski definition) is 1. The molecule has 0 atom stereocenters. The molecule has 1 heterocycles. The van der Waals surface area contributed by atoms with Gasteiger partial charge in [0, 0.05) is 20.0 Å². The van der Waals surface area contributed by atoms with E-state index in [9.17, 15) is 19.2 Å². The van der Waals surface area contributed by atoms with Crippen LogP contribution in [-0.2, 0) is 14.3 Å². The highest BCUT2D eigenvalue weighted by Gasteiger charge is 2.34. The van der Waals surface area contributed by atoms with E-state index in [0.717, 1.165) is 4.90 Å². The maximum atomic E-state index is 12.1. The van der Waals surface area contributed by atoms with Gasteiger partial charge in [-0.15, -0.1) is 0 Å². The van der Waals surface area contributed by atoms with Gasteiger partial charge in [0.2, 0.25) is 0 Å². The molecule has 0 aliphatic carbocycles. The number of hydrogen-bond acceptors (Lipinski definition) is 5. The van der Waals surface area contributed by atoms with Crippen LogP contribution in [0.4, 0.5) is 0 Å². The Morgan fingerprint density at radius 3 is 2.27 bits per heavy atom. The van der Waals surface area contributed by atoms with Crippen LogP contribution in [-0.4, -0.2) is 48.8 Å². The van der Waals surface area contributed by atoms with Gasteiger partial charge in [0.1, 0.15) is 0 Å². The van der Waals surface area contributed by atoms with Crippen LogP contribution < -0.4 is 5.32 Å². The molecule has 1 aliphatic rings. The van der Waals surface area contributed by atoms with Crippen LogP contribution in [0, 0.1) is 0 Å². The minimum atomic E-state index is -0.541. The maximum absolute atomic E-state index is 12.1. The normalized spacial score (nSPS) is 13.0. The molecule has 0 bridgehead atoms. The van der Waals surface area contributed by atoms with Gasteiger partial charge in [-0.2, -0.15) is 0 Å². The first-order valence-corrected chi connectivity index (χ1v) is 6.86. The third-order valence-electron chi connectivity index (χ3n) is 3.28. The molecule has 1 aromatic carbocycles. The number of nitrogens with one attached hydrogen (secondary N) is 1. The van der Waals surface area contributed by atoms with Crippen molar-refractivity contribution in [1.29, 1.82) is 0 Å². The first kappa shape index (κ1) is 15.7. The van der Waals surface area contributed by atoms with Crippen LogP contribution in [0.5, 0.6) is 0 Å². The number of carbonyl (C=O) groups excluding carboxylic acids is 4. The molecule has 1 aromatic rings. The van der Waals surface area contributed by atoms with Crippen molar-refractivity contribution in [2.75, 3.05) is 20.2 Å². The van der Waals surface area contributed by atoms with E-state index in [-0.39, 0.29) is 37.8 Å². The minimum absolute atomic E-state index is 0.0321. The van der Waals surface area contributed by atoms with Gasteiger partial charge in [0.15, 0.2) is 6.61 Å². The van der Waals surface area contributed by atoms with Crippen molar-refractivity contribution in [3.05, 3.63) is 35.4 Å². The zero-order valence-corrected chi connectivity index (χ0v) is 12.1. The molecule has 0 saturated heterocycles. The zero-order valence-electron chi connectivity index (χ0n) is 12.1. The second kappa shape index (κ2) is 6.84. The molecule has 0 radical (unpaired) electrons. The average molecular weight is 304 g/mol. The van der Waals surface area contributed by atoms with Crippen molar-refractivity contribution in [3.8, 4) is 0 Å². The first-order chi connectivity index (χ1) is 10.5. The van der Waals surface area contributed by atoms with Crippen LogP contribution in [0.1, 0.15) is 33.6 Å². The lowest BCUT2D eigenvalue weighted by atomic mass is 10.1. The van der Waals surface area contributed by atoms with Crippen molar-refractivity contribution in [2.24, 2.45) is 0 Å². The first-order valence-electron chi connectivity index (χ1n) is 6.86. The number of fused-ring (bicyclic) bond motifs is 1. The Hall–Kier alpha value is -2.70. The maximum Gasteiger partial charge on any atom is 0.306 e. The number of imide groups is 1. The summed E-state index contributed by atoms with van der Waals surface area (Å²) in [7, 11) is 1.44. The van der Waals surface area contributed by atoms with E-state index in [1.807, 2.05) is 0 Å². The smallest absolute Gasteiger partial charge is 0.306 e. The quantitative estimate of drug-likeness (QED) is 0.605. The Kier molecular flexibility index (Phi) is 4.88. The molecular weight excluding hydrogens is 288 g/mol. The number of rotatable bonds is 6. The largest absolute Gasteiger partial charge is 0.456 e. The SMILES string of the molecule is CNC(=O)COC(=O)CCCN1C(=O)c2ccccc2C1=O. The summed E-state index contributed by atoms with van der Waals surface area (Å²) in [5, 5.41) is 2.33. The molecular formula is C15H16N2O5. The molecule has 7 heteroatoms. The molecule has 7 nitrogen and oxygen atoms in total. The highest BCUT2D eigenvalue weighted by molar-refractivity contribution is 6.21. The predicted octanol–water partition coefficient (Wildman–Crippen LogP) is 0.352. The molecule has 1 aliphatic heterocycles. The summed E-state index contributed by atoms with van der Waals surface area (Å²) in [6.45, 7) is -0.191. The number of amides is 3. The molecule has 2 rings (SSSR count). The van der Waals surface area contributed by atoms with Gasteiger partial charge in [-0.25, -0.2) is 0 Å². The van der Waals surface area contributed by atoms with Crippen LogP contribution >= 0.6 is 0 Å². The number of likely N-dealkylation sites (N-methyl/N-ethyl adjacent to an activating group) is 1. The van der Waals surface area contributed by atoms with Gasteiger partial charge in [0.25, 0.3) is 17.7 Å². The second-order valence-corrected chi connectivity index (χ2v) is 4.74. The highest BCUT2D eigenvalue weighted by atomic mass is 16.5. The van der Waals surface area contributed by atoms with Crippen molar-refractivity contribution in [3.63, 3.8) is 0 Å². The summed E-state index contributed by atoms with van der Waals surface area (Å²) >= 11 is 0. The topological polar surface area (TPSA) is 92.8 Å². The van der Waals surface area contributed by atoms with E-state index < -0.39 is 11.9 Å². The van der Waals surface area contributed by atoms with Gasteiger partial charge < -0.3 is 10.1 Å². The number of carbonyl (C=O) groups is 4. The number of benzene rings is 1. The summed E-state index contributed by atoms with van der Waals surface area (Å²) in [6, 6.07) is 6.60. The van der Waals surface area contributed by atoms with Gasteiger partial charge in [-0.3, -0.25) is 24.1 Å². The Morgan fingerprint density at radius 1 is 1.14 bits per heavy atom. The second-order valence-electron chi connectivity index (χ2n) is 4.74. The zero-order chi connectivity index (χ0) is 16.1. The summed E-state index contributed by atoms with van der Waals surface area (Å²) in [4.78, 5) is 47.6. The van der Waals surface area contributed by atoms with Gasteiger partial charge in [0.05, 0.1) is 11.1 Å². The van der Waals surface area contributed by atoms with Crippen molar-refractivity contribution >= 4 is 23.7 Å². The van der Waals surface area contributed by atoms with Crippen LogP contribution in [0.3, 0.4) is 0 Å². The standard InChI is InChI=1S/C15H16N2O5/c1-16-12(18)9-22-13(19)7-4-8-17-14(20)10-5-2-3-6-11(10)15(17)21/h2-3,5-6H,4,7-9H2,1H3,(H,16,18). The fourth-order valence-electron chi connectivity index (χ4n) is 2.11. The van der Waals surface area contributed by atoms with Crippen molar-refractivity contribution < 1.29 is 23.9 Å². The molecule has 3 amide bonds. The molecule has 0 saturated carbocycles. The van der Waals surface area contributed by atoms with Crippen LogP contribution in [0.15, 0.2) is 24.3 Å². The van der Waals surface area contributed by atoms with Crippen molar-refractivity contribution in [1.82, 2.24) is 10.2 Å². The lowest BCUT2D eigenvalue weighted by Gasteiger charge is -2.13. The molecule has 0 unspecified atom stereocenters. The molecule has 0 aromatic heterocycles. The Morgan fingerprint density at radius 2 is 1.73 bits per heavy atom. The average Bonchev–Trinajstić information content (AvgIpc) is 2.78. The van der Waals surface area contributed by atoms with Gasteiger partial charge in [-0.1, -0.05) is 12.1 Å². The minimum Gasteiger partial charge on any atom is -0.456 e. The molecule has 116 valence electrons. The van der Waals surface area contributed by atoms with Crippen LogP contribution in [0.2, 0.25) is 0 Å². The summed E-state index contributed by atoms with van der Waals surface area (Å²) in [5.74, 6) is -1.63. The Balaban J connectivity index is 1.81. The van der Waals surface area contributed by atoms with Crippen molar-refractivity contribution in [2.45, 2.75) is 12.8 Å². The lowest BCUT2D eigenvalue weighted by molar-refractivity contribution is -0.148. The number of esters is 1.